The van der Waals surface area contributed by atoms with Crippen molar-refractivity contribution in [1.29, 1.82) is 0 Å². The van der Waals surface area contributed by atoms with Crippen LogP contribution < -0.4 is 15.4 Å². The number of carbonyl (C=O) groups excluding carboxylic acids is 1. The predicted molar refractivity (Wildman–Crippen MR) is 151 cm³/mol. The summed E-state index contributed by atoms with van der Waals surface area (Å²) >= 11 is 6.49. The van der Waals surface area contributed by atoms with E-state index in [4.69, 9.17) is 26.3 Å². The summed E-state index contributed by atoms with van der Waals surface area (Å²) in [6, 6.07) is 15.3. The van der Waals surface area contributed by atoms with Crippen LogP contribution in [0.2, 0.25) is 5.02 Å². The highest BCUT2D eigenvalue weighted by Gasteiger charge is 2.25. The Balaban J connectivity index is 1.32. The molecule has 198 valence electrons. The molecule has 2 N–H and O–H groups in total. The van der Waals surface area contributed by atoms with Gasteiger partial charge in [0.25, 0.3) is 5.91 Å². The van der Waals surface area contributed by atoms with Gasteiger partial charge in [0.15, 0.2) is 5.65 Å². The van der Waals surface area contributed by atoms with Gasteiger partial charge in [-0.05, 0) is 62.4 Å². The van der Waals surface area contributed by atoms with Crippen molar-refractivity contribution in [3.63, 3.8) is 0 Å². The third kappa shape index (κ3) is 5.45. The lowest BCUT2D eigenvalue weighted by Crippen LogP contribution is -2.40. The van der Waals surface area contributed by atoms with Crippen LogP contribution in [0, 0.1) is 0 Å². The second kappa shape index (κ2) is 11.4. The molecular formula is C29H33ClN6O2. The van der Waals surface area contributed by atoms with Crippen LogP contribution in [0.3, 0.4) is 0 Å². The summed E-state index contributed by atoms with van der Waals surface area (Å²) in [5.74, 6) is 2.40. The van der Waals surface area contributed by atoms with E-state index in [0.717, 1.165) is 60.5 Å². The van der Waals surface area contributed by atoms with Crippen LogP contribution in [0.25, 0.3) is 16.7 Å². The van der Waals surface area contributed by atoms with Crippen molar-refractivity contribution in [3.05, 3.63) is 71.1 Å². The Morgan fingerprint density at radius 2 is 1.87 bits per heavy atom. The topological polar surface area (TPSA) is 94.0 Å². The monoisotopic (exact) mass is 532 g/mol. The zero-order chi connectivity index (χ0) is 26.6. The number of anilines is 1. The van der Waals surface area contributed by atoms with E-state index in [1.54, 1.807) is 24.1 Å². The molecule has 0 bridgehead atoms. The quantitative estimate of drug-likeness (QED) is 0.283. The van der Waals surface area contributed by atoms with Crippen molar-refractivity contribution in [2.24, 2.45) is 0 Å². The molecule has 5 rings (SSSR count). The molecule has 38 heavy (non-hydrogen) atoms. The van der Waals surface area contributed by atoms with Gasteiger partial charge in [0, 0.05) is 23.6 Å². The molecule has 0 unspecified atom stereocenters. The maximum atomic E-state index is 12.8. The summed E-state index contributed by atoms with van der Waals surface area (Å²) in [6.45, 7) is 4.27. The molecule has 1 aliphatic rings. The molecular weight excluding hydrogens is 500 g/mol. The van der Waals surface area contributed by atoms with Gasteiger partial charge < -0.3 is 15.4 Å². The normalized spacial score (nSPS) is 18.2. The summed E-state index contributed by atoms with van der Waals surface area (Å²) in [5, 5.41) is 13.0. The minimum Gasteiger partial charge on any atom is -0.497 e. The van der Waals surface area contributed by atoms with Gasteiger partial charge in [0.2, 0.25) is 0 Å². The van der Waals surface area contributed by atoms with Crippen LogP contribution in [0.5, 0.6) is 5.75 Å². The van der Waals surface area contributed by atoms with Gasteiger partial charge in [0.1, 0.15) is 17.4 Å². The molecule has 0 radical (unpaired) electrons. The number of hydrogen-bond donors (Lipinski definition) is 2. The van der Waals surface area contributed by atoms with Crippen molar-refractivity contribution in [1.82, 2.24) is 25.1 Å². The maximum Gasteiger partial charge on any atom is 0.251 e. The summed E-state index contributed by atoms with van der Waals surface area (Å²) in [5.41, 5.74) is 2.14. The first-order chi connectivity index (χ1) is 18.5. The van der Waals surface area contributed by atoms with E-state index < -0.39 is 0 Å². The first-order valence-corrected chi connectivity index (χ1v) is 13.6. The Labute approximate surface area is 227 Å². The van der Waals surface area contributed by atoms with Gasteiger partial charge in [-0.25, -0.2) is 14.6 Å². The average molecular weight is 533 g/mol. The standard InChI is InChI=1S/C29H33ClN6O2/c1-4-18(2)26-34-27(23-17-31-36(28(23)35-26)25-11-6-5-10-24(25)30)32-20-12-14-21(15-13-20)33-29(37)19-8-7-9-22(16-19)38-3/h5-11,16-18,20-21H,4,12-15H2,1-3H3,(H,33,37)(H,32,34,35)/t18-,20?,21?/m0/s1. The van der Waals surface area contributed by atoms with Crippen LogP contribution in [-0.2, 0) is 0 Å². The highest BCUT2D eigenvalue weighted by atomic mass is 35.5. The Hall–Kier alpha value is -3.65. The van der Waals surface area contributed by atoms with Gasteiger partial charge in [-0.15, -0.1) is 0 Å². The summed E-state index contributed by atoms with van der Waals surface area (Å²) in [4.78, 5) is 22.6. The van der Waals surface area contributed by atoms with Crippen LogP contribution in [-0.4, -0.2) is 44.8 Å². The Morgan fingerprint density at radius 3 is 2.61 bits per heavy atom. The van der Waals surface area contributed by atoms with Crippen molar-refractivity contribution in [2.75, 3.05) is 12.4 Å². The number of amides is 1. The van der Waals surface area contributed by atoms with E-state index in [-0.39, 0.29) is 23.9 Å². The Kier molecular flexibility index (Phi) is 7.79. The highest BCUT2D eigenvalue weighted by Crippen LogP contribution is 2.30. The van der Waals surface area contributed by atoms with Gasteiger partial charge in [0.05, 0.1) is 29.4 Å². The van der Waals surface area contributed by atoms with E-state index >= 15 is 0 Å². The summed E-state index contributed by atoms with van der Waals surface area (Å²) in [7, 11) is 1.60. The number of aromatic nitrogens is 4. The van der Waals surface area contributed by atoms with E-state index in [1.807, 2.05) is 42.5 Å². The van der Waals surface area contributed by atoms with E-state index in [9.17, 15) is 4.79 Å². The molecule has 0 saturated heterocycles. The Bertz CT molecular complexity index is 1430. The molecule has 0 spiro atoms. The molecule has 1 amide bonds. The summed E-state index contributed by atoms with van der Waals surface area (Å²) < 4.78 is 7.04. The molecule has 2 aromatic heterocycles. The third-order valence-electron chi connectivity index (χ3n) is 7.31. The SMILES string of the molecule is CC[C@H](C)c1nc(NC2CCC(NC(=O)c3cccc(OC)c3)CC2)c2cnn(-c3ccccc3Cl)c2n1. The van der Waals surface area contributed by atoms with Crippen molar-refractivity contribution < 1.29 is 9.53 Å². The van der Waals surface area contributed by atoms with Gasteiger partial charge >= 0.3 is 0 Å². The number of carbonyl (C=O) groups is 1. The lowest BCUT2D eigenvalue weighted by Gasteiger charge is -2.30. The smallest absolute Gasteiger partial charge is 0.251 e. The molecule has 9 heteroatoms. The van der Waals surface area contributed by atoms with Gasteiger partial charge in [-0.3, -0.25) is 4.79 Å². The zero-order valence-corrected chi connectivity index (χ0v) is 22.7. The van der Waals surface area contributed by atoms with Crippen molar-refractivity contribution in [3.8, 4) is 11.4 Å². The van der Waals surface area contributed by atoms with Crippen LogP contribution >= 0.6 is 11.6 Å². The molecule has 8 nitrogen and oxygen atoms in total. The highest BCUT2D eigenvalue weighted by molar-refractivity contribution is 6.32. The number of methoxy groups -OCH3 is 1. The molecule has 1 fully saturated rings. The second-order valence-electron chi connectivity index (χ2n) is 9.88. The molecule has 1 aliphatic carbocycles. The molecule has 2 heterocycles. The fourth-order valence-corrected chi connectivity index (χ4v) is 5.06. The average Bonchev–Trinajstić information content (AvgIpc) is 3.38. The zero-order valence-electron chi connectivity index (χ0n) is 21.9. The van der Waals surface area contributed by atoms with Crippen molar-refractivity contribution >= 4 is 34.4 Å². The number of halogens is 1. The number of benzene rings is 2. The number of ether oxygens (including phenoxy) is 1. The van der Waals surface area contributed by atoms with E-state index in [2.05, 4.69) is 29.6 Å². The number of rotatable bonds is 8. The minimum atomic E-state index is -0.0667. The molecule has 4 aromatic rings. The fourth-order valence-electron chi connectivity index (χ4n) is 4.85. The van der Waals surface area contributed by atoms with Crippen LogP contribution in [0.4, 0.5) is 5.82 Å². The molecule has 0 aliphatic heterocycles. The van der Waals surface area contributed by atoms with E-state index in [0.29, 0.717) is 16.3 Å². The molecule has 1 atom stereocenters. The Morgan fingerprint density at radius 1 is 1.11 bits per heavy atom. The third-order valence-corrected chi connectivity index (χ3v) is 7.63. The number of nitrogens with one attached hydrogen (secondary N) is 2. The number of hydrogen-bond acceptors (Lipinski definition) is 6. The molecule has 1 saturated carbocycles. The number of nitrogens with zero attached hydrogens (tertiary/aromatic N) is 4. The first kappa shape index (κ1) is 26.0. The minimum absolute atomic E-state index is 0.0667. The number of fused-ring (bicyclic) bond motifs is 1. The largest absolute Gasteiger partial charge is 0.497 e. The lowest BCUT2D eigenvalue weighted by molar-refractivity contribution is 0.0926. The van der Waals surface area contributed by atoms with Crippen LogP contribution in [0.15, 0.2) is 54.7 Å². The van der Waals surface area contributed by atoms with E-state index in [1.165, 1.54) is 0 Å². The summed E-state index contributed by atoms with van der Waals surface area (Å²) in [6.07, 6.45) is 6.36. The molecule has 2 aromatic carbocycles. The van der Waals surface area contributed by atoms with Crippen molar-refractivity contribution in [2.45, 2.75) is 64.0 Å². The van der Waals surface area contributed by atoms with Gasteiger partial charge in [-0.2, -0.15) is 5.10 Å². The number of para-hydroxylation sites is 1. The first-order valence-electron chi connectivity index (χ1n) is 13.2. The maximum absolute atomic E-state index is 12.8. The lowest BCUT2D eigenvalue weighted by atomic mass is 9.91. The second-order valence-corrected chi connectivity index (χ2v) is 10.3. The fraction of sp³-hybridized carbons (Fsp3) is 0.379. The van der Waals surface area contributed by atoms with Crippen LogP contribution in [0.1, 0.15) is 68.1 Å². The predicted octanol–water partition coefficient (Wildman–Crippen LogP) is 6.14. The van der Waals surface area contributed by atoms with Gasteiger partial charge in [-0.1, -0.05) is 43.6 Å².